The number of carbonyl (C=O) groups excluding carboxylic acids is 2. The highest BCUT2D eigenvalue weighted by Crippen LogP contribution is 2.27. The summed E-state index contributed by atoms with van der Waals surface area (Å²) >= 11 is 0. The maximum absolute atomic E-state index is 13.9. The van der Waals surface area contributed by atoms with Crippen LogP contribution in [0.2, 0.25) is 0 Å². The summed E-state index contributed by atoms with van der Waals surface area (Å²) in [6, 6.07) is 14.0. The number of rotatable bonds is 11. The first-order valence-corrected chi connectivity index (χ1v) is 13.4. The molecule has 0 bridgehead atoms. The Balaban J connectivity index is 1.44. The summed E-state index contributed by atoms with van der Waals surface area (Å²) in [6.07, 6.45) is 3.51. The molecule has 10 heteroatoms. The van der Waals surface area contributed by atoms with Crippen LogP contribution in [-0.2, 0) is 25.6 Å². The molecule has 3 atom stereocenters. The van der Waals surface area contributed by atoms with Crippen molar-refractivity contribution < 1.29 is 23.8 Å². The van der Waals surface area contributed by atoms with Crippen LogP contribution in [0.4, 0.5) is 0 Å². The first kappa shape index (κ1) is 26.1. The molecular weight excluding hydrogens is 486 g/mol. The lowest BCUT2D eigenvalue weighted by Gasteiger charge is -2.33. The molecule has 2 fully saturated rings. The predicted molar refractivity (Wildman–Crippen MR) is 141 cm³/mol. The van der Waals surface area contributed by atoms with E-state index < -0.39 is 6.04 Å². The SMILES string of the molecule is CCOc1ccc([C@@H](C(=O)NC[C@H]2CCCO2)N(C[C@@H]2CCCO2)C(=O)Cn2nnc3ccccc32)cc1. The van der Waals surface area contributed by atoms with Gasteiger partial charge in [-0.05, 0) is 62.4 Å². The fourth-order valence-electron chi connectivity index (χ4n) is 5.11. The number of ether oxygens (including phenoxy) is 3. The second-order valence-electron chi connectivity index (χ2n) is 9.70. The number of aromatic nitrogens is 3. The Kier molecular flexibility index (Phi) is 8.50. The van der Waals surface area contributed by atoms with Gasteiger partial charge >= 0.3 is 0 Å². The van der Waals surface area contributed by atoms with Gasteiger partial charge in [-0.15, -0.1) is 5.10 Å². The number of para-hydroxylation sites is 1. The third-order valence-corrected chi connectivity index (χ3v) is 7.04. The average molecular weight is 522 g/mol. The third-order valence-electron chi connectivity index (χ3n) is 7.04. The molecule has 0 saturated carbocycles. The van der Waals surface area contributed by atoms with Gasteiger partial charge in [-0.3, -0.25) is 9.59 Å². The summed E-state index contributed by atoms with van der Waals surface area (Å²) in [7, 11) is 0. The number of benzene rings is 2. The van der Waals surface area contributed by atoms with E-state index in [0.717, 1.165) is 31.2 Å². The zero-order valence-corrected chi connectivity index (χ0v) is 21.8. The van der Waals surface area contributed by atoms with Crippen LogP contribution >= 0.6 is 0 Å². The van der Waals surface area contributed by atoms with Crippen LogP contribution in [0.1, 0.15) is 44.2 Å². The van der Waals surface area contributed by atoms with Crippen molar-refractivity contribution in [2.45, 2.75) is 57.4 Å². The van der Waals surface area contributed by atoms with Gasteiger partial charge in [-0.25, -0.2) is 4.68 Å². The minimum Gasteiger partial charge on any atom is -0.494 e. The number of hydrogen-bond acceptors (Lipinski definition) is 7. The Labute approximate surface area is 222 Å². The molecule has 2 aromatic carbocycles. The van der Waals surface area contributed by atoms with E-state index in [1.807, 2.05) is 55.5 Å². The molecule has 0 radical (unpaired) electrons. The molecule has 202 valence electrons. The molecule has 10 nitrogen and oxygen atoms in total. The Morgan fingerprint density at radius 3 is 2.53 bits per heavy atom. The molecule has 0 aliphatic carbocycles. The quantitative estimate of drug-likeness (QED) is 0.413. The van der Waals surface area contributed by atoms with Gasteiger partial charge in [-0.2, -0.15) is 0 Å². The molecule has 0 spiro atoms. The van der Waals surface area contributed by atoms with Crippen molar-refractivity contribution in [1.29, 1.82) is 0 Å². The maximum Gasteiger partial charge on any atom is 0.247 e. The van der Waals surface area contributed by atoms with Crippen LogP contribution in [0.5, 0.6) is 5.75 Å². The molecule has 3 aromatic rings. The number of nitrogens with one attached hydrogen (secondary N) is 1. The Bertz CT molecular complexity index is 1220. The fourth-order valence-corrected chi connectivity index (χ4v) is 5.11. The van der Waals surface area contributed by atoms with Gasteiger partial charge in [0, 0.05) is 26.3 Å². The largest absolute Gasteiger partial charge is 0.494 e. The molecular formula is C28H35N5O5. The fraction of sp³-hybridized carbons (Fsp3) is 0.500. The van der Waals surface area contributed by atoms with Crippen molar-refractivity contribution in [2.24, 2.45) is 0 Å². The van der Waals surface area contributed by atoms with Crippen LogP contribution in [-0.4, -0.2) is 76.8 Å². The number of hydrogen-bond donors (Lipinski definition) is 1. The van der Waals surface area contributed by atoms with E-state index in [-0.39, 0.29) is 30.6 Å². The van der Waals surface area contributed by atoms with Gasteiger partial charge in [0.1, 0.15) is 23.9 Å². The minimum absolute atomic E-state index is 0.0104. The molecule has 1 N–H and O–H groups in total. The highest BCUT2D eigenvalue weighted by Gasteiger charge is 2.35. The van der Waals surface area contributed by atoms with Crippen LogP contribution in [0.15, 0.2) is 48.5 Å². The van der Waals surface area contributed by atoms with E-state index in [1.54, 1.807) is 9.58 Å². The first-order chi connectivity index (χ1) is 18.6. The zero-order valence-electron chi connectivity index (χ0n) is 21.8. The van der Waals surface area contributed by atoms with E-state index in [1.165, 1.54) is 0 Å². The normalized spacial score (nSPS) is 19.9. The standard InChI is InChI=1S/C28H35N5O5/c1-2-36-21-13-11-20(12-14-21)27(28(35)29-17-22-7-5-15-37-22)32(18-23-8-6-16-38-23)26(34)19-33-25-10-4-3-9-24(25)30-31-33/h3-4,9-14,22-23,27H,2,5-8,15-19H2,1H3,(H,29,35)/t22-,23+,27+/m1/s1. The summed E-state index contributed by atoms with van der Waals surface area (Å²) in [5.41, 5.74) is 2.18. The molecule has 0 unspecified atom stereocenters. The van der Waals surface area contributed by atoms with E-state index in [0.29, 0.717) is 49.7 Å². The van der Waals surface area contributed by atoms with Gasteiger partial charge in [0.05, 0.1) is 24.3 Å². The second-order valence-corrected chi connectivity index (χ2v) is 9.70. The van der Waals surface area contributed by atoms with Gasteiger partial charge in [-0.1, -0.05) is 29.5 Å². The zero-order chi connectivity index (χ0) is 26.3. The summed E-state index contributed by atoms with van der Waals surface area (Å²) in [6.45, 7) is 4.49. The highest BCUT2D eigenvalue weighted by molar-refractivity contribution is 5.89. The van der Waals surface area contributed by atoms with Crippen LogP contribution in [0, 0.1) is 0 Å². The van der Waals surface area contributed by atoms with Crippen molar-refractivity contribution in [3.8, 4) is 5.75 Å². The molecule has 2 amide bonds. The van der Waals surface area contributed by atoms with E-state index in [2.05, 4.69) is 15.6 Å². The average Bonchev–Trinajstić information content (AvgIpc) is 3.71. The molecule has 2 aliphatic heterocycles. The van der Waals surface area contributed by atoms with Crippen molar-refractivity contribution >= 4 is 22.8 Å². The number of amides is 2. The summed E-state index contributed by atoms with van der Waals surface area (Å²) in [4.78, 5) is 29.4. The van der Waals surface area contributed by atoms with E-state index in [9.17, 15) is 9.59 Å². The lowest BCUT2D eigenvalue weighted by molar-refractivity contribution is -0.143. The number of fused-ring (bicyclic) bond motifs is 1. The Hall–Kier alpha value is -3.50. The number of carbonyl (C=O) groups is 2. The molecule has 2 aliphatic rings. The minimum atomic E-state index is -0.849. The van der Waals surface area contributed by atoms with Gasteiger partial charge in [0.2, 0.25) is 11.8 Å². The molecule has 2 saturated heterocycles. The lowest BCUT2D eigenvalue weighted by Crippen LogP contribution is -2.48. The van der Waals surface area contributed by atoms with E-state index >= 15 is 0 Å². The summed E-state index contributed by atoms with van der Waals surface area (Å²) in [5.74, 6) is 0.225. The summed E-state index contributed by atoms with van der Waals surface area (Å²) < 4.78 is 18.8. The monoisotopic (exact) mass is 521 g/mol. The van der Waals surface area contributed by atoms with Crippen molar-refractivity contribution in [3.63, 3.8) is 0 Å². The van der Waals surface area contributed by atoms with Crippen LogP contribution in [0.3, 0.4) is 0 Å². The topological polar surface area (TPSA) is 108 Å². The van der Waals surface area contributed by atoms with Crippen LogP contribution < -0.4 is 10.1 Å². The number of nitrogens with zero attached hydrogens (tertiary/aromatic N) is 4. The third kappa shape index (κ3) is 6.14. The maximum atomic E-state index is 13.9. The van der Waals surface area contributed by atoms with Crippen molar-refractivity contribution in [1.82, 2.24) is 25.2 Å². The lowest BCUT2D eigenvalue weighted by atomic mass is 10.0. The second kappa shape index (κ2) is 12.4. The molecule has 3 heterocycles. The smallest absolute Gasteiger partial charge is 0.247 e. The van der Waals surface area contributed by atoms with Crippen LogP contribution in [0.25, 0.3) is 11.0 Å². The Morgan fingerprint density at radius 2 is 1.82 bits per heavy atom. The van der Waals surface area contributed by atoms with E-state index in [4.69, 9.17) is 14.2 Å². The molecule has 38 heavy (non-hydrogen) atoms. The van der Waals surface area contributed by atoms with Gasteiger partial charge < -0.3 is 24.4 Å². The first-order valence-electron chi connectivity index (χ1n) is 13.4. The molecule has 5 rings (SSSR count). The van der Waals surface area contributed by atoms with Crippen molar-refractivity contribution in [2.75, 3.05) is 32.9 Å². The predicted octanol–water partition coefficient (Wildman–Crippen LogP) is 2.87. The highest BCUT2D eigenvalue weighted by atomic mass is 16.5. The van der Waals surface area contributed by atoms with Gasteiger partial charge in [0.25, 0.3) is 0 Å². The van der Waals surface area contributed by atoms with Gasteiger partial charge in [0.15, 0.2) is 0 Å². The van der Waals surface area contributed by atoms with Crippen molar-refractivity contribution in [3.05, 3.63) is 54.1 Å². The summed E-state index contributed by atoms with van der Waals surface area (Å²) in [5, 5.41) is 11.4. The molecule has 1 aromatic heterocycles. The Morgan fingerprint density at radius 1 is 1.08 bits per heavy atom.